The lowest BCUT2D eigenvalue weighted by atomic mass is 10.2. The highest BCUT2D eigenvalue weighted by Crippen LogP contribution is 2.23. The molecule has 0 radical (unpaired) electrons. The van der Waals surface area contributed by atoms with Crippen LogP contribution in [-0.2, 0) is 29.0 Å². The Kier molecular flexibility index (Phi) is 5.84. The summed E-state index contributed by atoms with van der Waals surface area (Å²) in [5.74, 6) is -1.15. The van der Waals surface area contributed by atoms with Crippen molar-refractivity contribution in [1.82, 2.24) is 29.4 Å². The van der Waals surface area contributed by atoms with Gasteiger partial charge in [-0.1, -0.05) is 6.92 Å². The van der Waals surface area contributed by atoms with Crippen LogP contribution in [0.2, 0.25) is 0 Å². The van der Waals surface area contributed by atoms with Crippen molar-refractivity contribution in [1.29, 1.82) is 0 Å². The Morgan fingerprint density at radius 1 is 1.35 bits per heavy atom. The van der Waals surface area contributed by atoms with E-state index in [9.17, 15) is 18.8 Å². The number of anilines is 1. The first kappa shape index (κ1) is 22.2. The number of carbonyl (C=O) groups is 2. The summed E-state index contributed by atoms with van der Waals surface area (Å²) >= 11 is 0. The summed E-state index contributed by atoms with van der Waals surface area (Å²) in [5, 5.41) is 10.2. The molecule has 2 amide bonds. The molecule has 2 aliphatic heterocycles. The zero-order valence-corrected chi connectivity index (χ0v) is 18.6. The van der Waals surface area contributed by atoms with Crippen LogP contribution < -0.4 is 16.2 Å². The van der Waals surface area contributed by atoms with E-state index < -0.39 is 11.7 Å². The minimum Gasteiger partial charge on any atom is -0.374 e. The number of amides is 2. The van der Waals surface area contributed by atoms with Gasteiger partial charge in [-0.2, -0.15) is 9.61 Å². The fourth-order valence-electron chi connectivity index (χ4n) is 4.31. The van der Waals surface area contributed by atoms with Crippen LogP contribution in [0, 0.1) is 5.82 Å². The molecule has 11 nitrogen and oxygen atoms in total. The van der Waals surface area contributed by atoms with Crippen LogP contribution >= 0.6 is 0 Å². The van der Waals surface area contributed by atoms with Gasteiger partial charge < -0.3 is 24.8 Å². The van der Waals surface area contributed by atoms with Crippen molar-refractivity contribution < 1.29 is 18.7 Å². The fraction of sp³-hybridized carbons (Fsp3) is 0.409. The average molecular weight is 469 g/mol. The van der Waals surface area contributed by atoms with Crippen LogP contribution in [0.3, 0.4) is 0 Å². The number of ether oxygens (including phenoxy) is 1. The number of halogens is 1. The van der Waals surface area contributed by atoms with Crippen molar-refractivity contribution in [3.05, 3.63) is 57.5 Å². The second-order valence-corrected chi connectivity index (χ2v) is 8.27. The van der Waals surface area contributed by atoms with E-state index in [1.165, 1.54) is 21.2 Å². The molecule has 0 aliphatic carbocycles. The highest BCUT2D eigenvalue weighted by atomic mass is 19.1. The number of aromatic nitrogens is 4. The zero-order chi connectivity index (χ0) is 23.8. The van der Waals surface area contributed by atoms with E-state index >= 15 is 0 Å². The number of carbonyl (C=O) groups excluding carboxylic acids is 2. The maximum Gasteiger partial charge on any atom is 0.280 e. The summed E-state index contributed by atoms with van der Waals surface area (Å²) < 4.78 is 21.6. The van der Waals surface area contributed by atoms with Crippen LogP contribution in [0.4, 0.5) is 10.2 Å². The molecule has 5 heterocycles. The number of hydrogen-bond donors (Lipinski definition) is 2. The van der Waals surface area contributed by atoms with E-state index in [2.05, 4.69) is 20.7 Å². The third-order valence-corrected chi connectivity index (χ3v) is 5.95. The molecule has 1 atom stereocenters. The summed E-state index contributed by atoms with van der Waals surface area (Å²) in [6.45, 7) is 4.02. The van der Waals surface area contributed by atoms with Crippen molar-refractivity contribution in [3.8, 4) is 0 Å². The highest BCUT2D eigenvalue weighted by molar-refractivity contribution is 5.98. The van der Waals surface area contributed by atoms with E-state index in [1.807, 2.05) is 6.92 Å². The summed E-state index contributed by atoms with van der Waals surface area (Å²) in [7, 11) is 0. The number of pyridine rings is 1. The predicted molar refractivity (Wildman–Crippen MR) is 119 cm³/mol. The molecular weight excluding hydrogens is 445 g/mol. The Hall–Kier alpha value is -3.64. The van der Waals surface area contributed by atoms with Gasteiger partial charge in [-0.05, 0) is 18.6 Å². The van der Waals surface area contributed by atoms with Gasteiger partial charge in [0.1, 0.15) is 29.5 Å². The molecule has 0 unspecified atom stereocenters. The second-order valence-electron chi connectivity index (χ2n) is 8.27. The molecule has 3 aromatic rings. The Labute approximate surface area is 193 Å². The van der Waals surface area contributed by atoms with E-state index in [0.717, 1.165) is 12.7 Å². The quantitative estimate of drug-likeness (QED) is 0.528. The highest BCUT2D eigenvalue weighted by Gasteiger charge is 2.36. The van der Waals surface area contributed by atoms with Crippen LogP contribution in [0.15, 0.2) is 29.2 Å². The van der Waals surface area contributed by atoms with Gasteiger partial charge in [0.2, 0.25) is 5.91 Å². The SMILES string of the molecule is CCc1cc2n(CC(=O)Nc3ccc(F)cn3)c3c(c(=O)n2n1)CN(C[C@H]1CNCCO1)C3=O. The molecule has 5 rings (SSSR count). The lowest BCUT2D eigenvalue weighted by Crippen LogP contribution is -2.45. The number of nitrogens with zero attached hydrogens (tertiary/aromatic N) is 5. The first-order chi connectivity index (χ1) is 16.4. The molecular formula is C22H24FN7O4. The Bertz CT molecular complexity index is 1310. The molecule has 1 saturated heterocycles. The minimum atomic E-state index is -0.521. The third-order valence-electron chi connectivity index (χ3n) is 5.95. The normalized spacial score (nSPS) is 17.9. The molecule has 0 saturated carbocycles. The molecule has 0 spiro atoms. The standard InChI is InChI=1S/C22H24FN7O4/c1-2-14-7-19-29(12-18(31)26-17-4-3-13(23)8-25-17)20-16(21(32)30(19)27-14)11-28(22(20)33)10-15-9-24-5-6-34-15/h3-4,7-8,15,24H,2,5-6,9-12H2,1H3,(H,25,26,31)/t15-/m1/s1. The lowest BCUT2D eigenvalue weighted by Gasteiger charge is -2.27. The van der Waals surface area contributed by atoms with E-state index in [1.54, 1.807) is 11.0 Å². The fourth-order valence-corrected chi connectivity index (χ4v) is 4.31. The van der Waals surface area contributed by atoms with E-state index in [0.29, 0.717) is 43.0 Å². The lowest BCUT2D eigenvalue weighted by molar-refractivity contribution is -0.116. The molecule has 0 bridgehead atoms. The van der Waals surface area contributed by atoms with Gasteiger partial charge >= 0.3 is 0 Å². The zero-order valence-electron chi connectivity index (χ0n) is 18.6. The van der Waals surface area contributed by atoms with Gasteiger partial charge in [0.15, 0.2) is 0 Å². The number of fused-ring (bicyclic) bond motifs is 2. The van der Waals surface area contributed by atoms with Gasteiger partial charge in [0.05, 0.1) is 36.7 Å². The molecule has 0 aromatic carbocycles. The molecule has 1 fully saturated rings. The van der Waals surface area contributed by atoms with Crippen LogP contribution in [0.1, 0.15) is 28.7 Å². The summed E-state index contributed by atoms with van der Waals surface area (Å²) in [6.07, 6.45) is 1.40. The second kappa shape index (κ2) is 8.95. The third kappa shape index (κ3) is 4.05. The monoisotopic (exact) mass is 469 g/mol. The summed E-state index contributed by atoms with van der Waals surface area (Å²) in [6, 6.07) is 4.24. The Morgan fingerprint density at radius 2 is 2.21 bits per heavy atom. The van der Waals surface area contributed by atoms with Gasteiger partial charge in [-0.15, -0.1) is 0 Å². The number of aryl methyl sites for hydroxylation is 1. The van der Waals surface area contributed by atoms with E-state index in [-0.39, 0.29) is 42.2 Å². The number of hydrogen-bond acceptors (Lipinski definition) is 7. The number of rotatable bonds is 6. The minimum absolute atomic E-state index is 0.116. The van der Waals surface area contributed by atoms with Crippen molar-refractivity contribution in [2.24, 2.45) is 0 Å². The summed E-state index contributed by atoms with van der Waals surface area (Å²) in [4.78, 5) is 44.9. The molecule has 3 aromatic heterocycles. The van der Waals surface area contributed by atoms with Gasteiger partial charge in [-0.25, -0.2) is 9.37 Å². The molecule has 2 N–H and O–H groups in total. The van der Waals surface area contributed by atoms with Gasteiger partial charge in [0, 0.05) is 25.7 Å². The van der Waals surface area contributed by atoms with E-state index in [4.69, 9.17) is 4.74 Å². The van der Waals surface area contributed by atoms with Crippen LogP contribution in [0.5, 0.6) is 0 Å². The van der Waals surface area contributed by atoms with Crippen molar-refractivity contribution in [2.75, 3.05) is 31.6 Å². The number of nitrogens with one attached hydrogen (secondary N) is 2. The molecule has 178 valence electrons. The largest absolute Gasteiger partial charge is 0.374 e. The summed E-state index contributed by atoms with van der Waals surface area (Å²) in [5.41, 5.74) is 1.11. The van der Waals surface area contributed by atoms with Gasteiger partial charge in [0.25, 0.3) is 11.5 Å². The smallest absolute Gasteiger partial charge is 0.280 e. The molecule has 34 heavy (non-hydrogen) atoms. The predicted octanol–water partition coefficient (Wildman–Crippen LogP) is 0.175. The Balaban J connectivity index is 1.50. The average Bonchev–Trinajstić information content (AvgIpc) is 3.41. The topological polar surface area (TPSA) is 123 Å². The maximum atomic E-state index is 13.4. The van der Waals surface area contributed by atoms with Gasteiger partial charge in [-0.3, -0.25) is 14.4 Å². The van der Waals surface area contributed by atoms with Crippen LogP contribution in [0.25, 0.3) is 5.65 Å². The van der Waals surface area contributed by atoms with Crippen molar-refractivity contribution >= 4 is 23.3 Å². The first-order valence-electron chi connectivity index (χ1n) is 11.1. The van der Waals surface area contributed by atoms with Crippen molar-refractivity contribution in [3.63, 3.8) is 0 Å². The Morgan fingerprint density at radius 3 is 2.91 bits per heavy atom. The maximum absolute atomic E-state index is 13.4. The van der Waals surface area contributed by atoms with Crippen LogP contribution in [-0.4, -0.2) is 68.2 Å². The van der Waals surface area contributed by atoms with Crippen molar-refractivity contribution in [2.45, 2.75) is 32.5 Å². The number of morpholine rings is 1. The first-order valence-corrected chi connectivity index (χ1v) is 11.1. The molecule has 2 aliphatic rings. The molecule has 12 heteroatoms.